The summed E-state index contributed by atoms with van der Waals surface area (Å²) in [6, 6.07) is 10.1. The van der Waals surface area contributed by atoms with E-state index in [-0.39, 0.29) is 36.1 Å². The van der Waals surface area contributed by atoms with E-state index in [0.717, 1.165) is 0 Å². The average Bonchev–Trinajstić information content (AvgIpc) is 2.61. The Morgan fingerprint density at radius 1 is 1.19 bits per heavy atom. The van der Waals surface area contributed by atoms with Crippen molar-refractivity contribution in [2.75, 3.05) is 39.2 Å². The zero-order valence-corrected chi connectivity index (χ0v) is 14.8. The molecule has 0 aliphatic rings. The van der Waals surface area contributed by atoms with E-state index < -0.39 is 10.7 Å². The van der Waals surface area contributed by atoms with Gasteiger partial charge in [-0.05, 0) is 18.2 Å². The fourth-order valence-electron chi connectivity index (χ4n) is 2.36. The van der Waals surface area contributed by atoms with Crippen LogP contribution < -0.4 is 9.64 Å². The summed E-state index contributed by atoms with van der Waals surface area (Å²) in [6.07, 6.45) is 0. The number of nitrogens with zero attached hydrogens (tertiary/aromatic N) is 3. The molecule has 8 heteroatoms. The lowest BCUT2D eigenvalue weighted by molar-refractivity contribution is -0.384. The van der Waals surface area contributed by atoms with E-state index in [2.05, 4.69) is 0 Å². The quantitative estimate of drug-likeness (QED) is 0.560. The Morgan fingerprint density at radius 2 is 1.88 bits per heavy atom. The summed E-state index contributed by atoms with van der Waals surface area (Å²) in [7, 11) is 5.06. The van der Waals surface area contributed by atoms with Gasteiger partial charge in [0.2, 0.25) is 0 Å². The molecule has 0 aliphatic carbocycles. The molecule has 2 aromatic rings. The minimum Gasteiger partial charge on any atom is -0.489 e. The predicted octanol–water partition coefficient (Wildman–Crippen LogP) is 2.95. The largest absolute Gasteiger partial charge is 0.489 e. The van der Waals surface area contributed by atoms with E-state index in [9.17, 15) is 19.3 Å². The van der Waals surface area contributed by atoms with Crippen molar-refractivity contribution in [3.63, 3.8) is 0 Å². The second-order valence-electron chi connectivity index (χ2n) is 5.86. The molecule has 0 atom stereocenters. The number of para-hydroxylation sites is 1. The Labute approximate surface area is 150 Å². The van der Waals surface area contributed by atoms with Gasteiger partial charge in [0.15, 0.2) is 11.6 Å². The minimum atomic E-state index is -0.544. The molecule has 0 aromatic heterocycles. The lowest BCUT2D eigenvalue weighted by atomic mass is 10.1. The summed E-state index contributed by atoms with van der Waals surface area (Å²) in [5.41, 5.74) is 0.634. The number of benzene rings is 2. The Morgan fingerprint density at radius 3 is 2.50 bits per heavy atom. The first-order valence-electron chi connectivity index (χ1n) is 7.90. The lowest BCUT2D eigenvalue weighted by Crippen LogP contribution is -2.32. The number of likely N-dealkylation sites (N-methyl/N-ethyl adjacent to an activating group) is 1. The molecule has 138 valence electrons. The van der Waals surface area contributed by atoms with Gasteiger partial charge in [-0.1, -0.05) is 12.1 Å². The van der Waals surface area contributed by atoms with Crippen LogP contribution in [0.1, 0.15) is 10.4 Å². The number of hydrogen-bond acceptors (Lipinski definition) is 5. The van der Waals surface area contributed by atoms with Gasteiger partial charge in [-0.3, -0.25) is 14.9 Å². The van der Waals surface area contributed by atoms with Crippen LogP contribution in [0, 0.1) is 15.9 Å². The zero-order valence-electron chi connectivity index (χ0n) is 14.8. The number of halogens is 1. The normalized spacial score (nSPS) is 10.3. The van der Waals surface area contributed by atoms with Crippen LogP contribution in [0.2, 0.25) is 0 Å². The van der Waals surface area contributed by atoms with Gasteiger partial charge in [0, 0.05) is 39.0 Å². The molecule has 1 amide bonds. The Kier molecular flexibility index (Phi) is 6.11. The fraction of sp³-hybridized carbons (Fsp3) is 0.278. The highest BCUT2D eigenvalue weighted by Crippen LogP contribution is 2.25. The van der Waals surface area contributed by atoms with Gasteiger partial charge in [0.25, 0.3) is 11.6 Å². The highest BCUT2D eigenvalue weighted by Gasteiger charge is 2.21. The summed E-state index contributed by atoms with van der Waals surface area (Å²) in [5.74, 6) is -0.748. The maximum atomic E-state index is 13.5. The summed E-state index contributed by atoms with van der Waals surface area (Å²) >= 11 is 0. The first kappa shape index (κ1) is 19.2. The number of ether oxygens (including phenoxy) is 1. The van der Waals surface area contributed by atoms with E-state index in [1.165, 1.54) is 35.2 Å². The molecule has 2 rings (SSSR count). The van der Waals surface area contributed by atoms with E-state index in [4.69, 9.17) is 4.74 Å². The molecule has 0 saturated heterocycles. The van der Waals surface area contributed by atoms with Crippen molar-refractivity contribution >= 4 is 17.3 Å². The average molecular weight is 361 g/mol. The van der Waals surface area contributed by atoms with Crippen molar-refractivity contribution in [2.45, 2.75) is 0 Å². The number of non-ortho nitro benzene ring substituents is 1. The Balaban J connectivity index is 2.10. The van der Waals surface area contributed by atoms with Gasteiger partial charge in [0.1, 0.15) is 6.61 Å². The van der Waals surface area contributed by atoms with Crippen molar-refractivity contribution in [1.29, 1.82) is 0 Å². The SMILES string of the molecule is CN(CCOc1ccccc1F)C(=O)c1cc([N+](=O)[O-])ccc1N(C)C. The van der Waals surface area contributed by atoms with Gasteiger partial charge in [-0.15, -0.1) is 0 Å². The highest BCUT2D eigenvalue weighted by molar-refractivity contribution is 6.00. The Bertz CT molecular complexity index is 811. The topological polar surface area (TPSA) is 75.9 Å². The van der Waals surface area contributed by atoms with Crippen LogP contribution >= 0.6 is 0 Å². The smallest absolute Gasteiger partial charge is 0.270 e. The fourth-order valence-corrected chi connectivity index (χ4v) is 2.36. The third kappa shape index (κ3) is 4.47. The molecule has 0 N–H and O–H groups in total. The molecule has 0 heterocycles. The van der Waals surface area contributed by atoms with Gasteiger partial charge in [-0.25, -0.2) is 4.39 Å². The van der Waals surface area contributed by atoms with Gasteiger partial charge < -0.3 is 14.5 Å². The van der Waals surface area contributed by atoms with Crippen LogP contribution in [0.5, 0.6) is 5.75 Å². The molecule has 0 fully saturated rings. The van der Waals surface area contributed by atoms with Crippen LogP contribution in [-0.4, -0.2) is 50.0 Å². The molecule has 0 saturated carbocycles. The maximum absolute atomic E-state index is 13.5. The second kappa shape index (κ2) is 8.28. The van der Waals surface area contributed by atoms with Crippen LogP contribution in [0.25, 0.3) is 0 Å². The third-order valence-corrected chi connectivity index (χ3v) is 3.77. The van der Waals surface area contributed by atoms with Gasteiger partial charge in [-0.2, -0.15) is 0 Å². The zero-order chi connectivity index (χ0) is 19.3. The van der Waals surface area contributed by atoms with E-state index in [1.807, 2.05) is 0 Å². The molecular formula is C18H20FN3O4. The third-order valence-electron chi connectivity index (χ3n) is 3.77. The number of anilines is 1. The standard InChI is InChI=1S/C18H20FN3O4/c1-20(2)16-9-8-13(22(24)25)12-14(16)18(23)21(3)10-11-26-17-7-5-4-6-15(17)19/h4-9,12H,10-11H2,1-3H3. The first-order valence-corrected chi connectivity index (χ1v) is 7.90. The van der Waals surface area contributed by atoms with Crippen LogP contribution in [0.4, 0.5) is 15.8 Å². The highest BCUT2D eigenvalue weighted by atomic mass is 19.1. The molecule has 2 aromatic carbocycles. The minimum absolute atomic E-state index is 0.0927. The molecule has 0 radical (unpaired) electrons. The van der Waals surface area contributed by atoms with Crippen molar-refractivity contribution in [1.82, 2.24) is 4.90 Å². The number of carbonyl (C=O) groups excluding carboxylic acids is 1. The van der Waals surface area contributed by atoms with E-state index >= 15 is 0 Å². The molecule has 0 bridgehead atoms. The van der Waals surface area contributed by atoms with Crippen LogP contribution in [0.15, 0.2) is 42.5 Å². The molecule has 26 heavy (non-hydrogen) atoms. The van der Waals surface area contributed by atoms with Gasteiger partial charge >= 0.3 is 0 Å². The maximum Gasteiger partial charge on any atom is 0.270 e. The number of nitro groups is 1. The number of amides is 1. The summed E-state index contributed by atoms with van der Waals surface area (Å²) in [5, 5.41) is 11.0. The summed E-state index contributed by atoms with van der Waals surface area (Å²) in [4.78, 5) is 26.2. The van der Waals surface area contributed by atoms with Crippen molar-refractivity contribution in [3.8, 4) is 5.75 Å². The monoisotopic (exact) mass is 361 g/mol. The van der Waals surface area contributed by atoms with Crippen molar-refractivity contribution in [3.05, 3.63) is 64.0 Å². The first-order chi connectivity index (χ1) is 12.3. The molecule has 0 aliphatic heterocycles. The molecular weight excluding hydrogens is 341 g/mol. The summed E-state index contributed by atoms with van der Waals surface area (Å²) in [6.45, 7) is 0.290. The number of hydrogen-bond donors (Lipinski definition) is 0. The molecule has 0 unspecified atom stereocenters. The van der Waals surface area contributed by atoms with Crippen molar-refractivity contribution in [2.24, 2.45) is 0 Å². The Hall–Kier alpha value is -3.16. The number of nitro benzene ring substituents is 1. The number of carbonyl (C=O) groups is 1. The molecule has 0 spiro atoms. The lowest BCUT2D eigenvalue weighted by Gasteiger charge is -2.22. The van der Waals surface area contributed by atoms with Crippen molar-refractivity contribution < 1.29 is 18.8 Å². The van der Waals surface area contributed by atoms with Crippen LogP contribution in [0.3, 0.4) is 0 Å². The van der Waals surface area contributed by atoms with Crippen LogP contribution in [-0.2, 0) is 0 Å². The van der Waals surface area contributed by atoms with E-state index in [0.29, 0.717) is 5.69 Å². The second-order valence-corrected chi connectivity index (χ2v) is 5.86. The number of rotatable bonds is 7. The van der Waals surface area contributed by atoms with Gasteiger partial charge in [0.05, 0.1) is 17.0 Å². The molecule has 7 nitrogen and oxygen atoms in total. The van der Waals surface area contributed by atoms with E-state index in [1.54, 1.807) is 38.2 Å². The summed E-state index contributed by atoms with van der Waals surface area (Å²) < 4.78 is 18.9. The predicted molar refractivity (Wildman–Crippen MR) is 96.3 cm³/mol.